The van der Waals surface area contributed by atoms with Crippen molar-refractivity contribution >= 4 is 40.4 Å². The first-order valence-corrected chi connectivity index (χ1v) is 9.35. The molecule has 0 saturated heterocycles. The molecule has 1 unspecified atom stereocenters. The van der Waals surface area contributed by atoms with Crippen molar-refractivity contribution in [3.05, 3.63) is 46.9 Å². The van der Waals surface area contributed by atoms with Gasteiger partial charge in [0.2, 0.25) is 5.70 Å². The number of hydrogen-bond donors (Lipinski definition) is 2. The standard InChI is InChI=1S/C18H17ClN2O4S/c1-18(2,3)25-17(22)13-9-12-16(21-13)11(8-15(19)20-12)10-6-4-5-7-14(10)26(23)24/h4-9,21H,1-3H3,(H,23,24)/p+1. The molecule has 0 spiro atoms. The molecule has 0 radical (unpaired) electrons. The molecule has 1 aromatic carbocycles. The fraction of sp³-hybridized carbons (Fsp3) is 0.222. The fourth-order valence-corrected chi connectivity index (χ4v) is 3.43. The Balaban J connectivity index is 2.05. The second-order valence-corrected chi connectivity index (χ2v) is 8.11. The first-order valence-electron chi connectivity index (χ1n) is 7.86. The third kappa shape index (κ3) is 3.86. The van der Waals surface area contributed by atoms with E-state index >= 15 is 0 Å². The number of carbonyl (C=O) groups is 1. The molecule has 26 heavy (non-hydrogen) atoms. The number of benzene rings is 1. The van der Waals surface area contributed by atoms with Gasteiger partial charge in [-0.15, -0.1) is 0 Å². The van der Waals surface area contributed by atoms with E-state index in [4.69, 9.17) is 16.3 Å². The normalized spacial score (nSPS) is 14.6. The van der Waals surface area contributed by atoms with E-state index < -0.39 is 22.7 Å². The van der Waals surface area contributed by atoms with E-state index in [2.05, 4.69) is 4.98 Å². The Bertz CT molecular complexity index is 951. The number of esters is 1. The second kappa shape index (κ2) is 6.92. The zero-order valence-electron chi connectivity index (χ0n) is 14.4. The highest BCUT2D eigenvalue weighted by molar-refractivity contribution is 7.79. The average Bonchev–Trinajstić information content (AvgIpc) is 2.96. The second-order valence-electron chi connectivity index (χ2n) is 6.78. The van der Waals surface area contributed by atoms with E-state index in [9.17, 15) is 13.6 Å². The van der Waals surface area contributed by atoms with Crippen LogP contribution in [0.2, 0.25) is 5.15 Å². The SMILES string of the molecule is CC(C)(C)OC(=O)C1=Cc2nc(Cl)cc(-c3ccccc3S(=O)O)c2[NH2+]1. The Labute approximate surface area is 158 Å². The number of nitrogens with zero attached hydrogens (tertiary/aromatic N) is 1. The lowest BCUT2D eigenvalue weighted by molar-refractivity contribution is -0.507. The summed E-state index contributed by atoms with van der Waals surface area (Å²) in [7, 11) is 0. The van der Waals surface area contributed by atoms with E-state index in [1.807, 2.05) is 0 Å². The number of halogens is 1. The van der Waals surface area contributed by atoms with Crippen LogP contribution < -0.4 is 5.32 Å². The Hall–Kier alpha value is -2.06. The van der Waals surface area contributed by atoms with E-state index in [0.29, 0.717) is 28.2 Å². The summed E-state index contributed by atoms with van der Waals surface area (Å²) in [6, 6.07) is 8.38. The zero-order valence-corrected chi connectivity index (χ0v) is 16.0. The Kier molecular flexibility index (Phi) is 4.98. The number of hydrogen-bond acceptors (Lipinski definition) is 4. The maximum absolute atomic E-state index is 12.4. The molecule has 0 saturated carbocycles. The van der Waals surface area contributed by atoms with Gasteiger partial charge in [0.1, 0.15) is 16.4 Å². The minimum Gasteiger partial charge on any atom is -0.452 e. The van der Waals surface area contributed by atoms with Crippen LogP contribution in [0.15, 0.2) is 40.9 Å². The van der Waals surface area contributed by atoms with Gasteiger partial charge in [0.25, 0.3) is 0 Å². The minimum atomic E-state index is -2.16. The average molecular weight is 394 g/mol. The number of ether oxygens (including phenoxy) is 1. The van der Waals surface area contributed by atoms with Crippen molar-refractivity contribution < 1.29 is 23.6 Å². The van der Waals surface area contributed by atoms with Gasteiger partial charge in [0.05, 0.1) is 4.90 Å². The summed E-state index contributed by atoms with van der Waals surface area (Å²) in [4.78, 5) is 16.9. The van der Waals surface area contributed by atoms with Gasteiger partial charge in [-0.3, -0.25) is 5.32 Å². The van der Waals surface area contributed by atoms with Crippen LogP contribution in [0.25, 0.3) is 17.2 Å². The third-order valence-corrected chi connectivity index (χ3v) is 4.57. The van der Waals surface area contributed by atoms with Gasteiger partial charge >= 0.3 is 5.97 Å². The molecule has 0 fully saturated rings. The van der Waals surface area contributed by atoms with Crippen molar-refractivity contribution in [2.24, 2.45) is 0 Å². The molecule has 136 valence electrons. The molecule has 3 N–H and O–H groups in total. The summed E-state index contributed by atoms with van der Waals surface area (Å²) in [5.41, 5.74) is 2.11. The van der Waals surface area contributed by atoms with Crippen LogP contribution in [0.3, 0.4) is 0 Å². The Morgan fingerprint density at radius 1 is 1.27 bits per heavy atom. The molecule has 6 nitrogen and oxygen atoms in total. The number of fused-ring (bicyclic) bond motifs is 1. The van der Waals surface area contributed by atoms with Crippen LogP contribution in [0, 0.1) is 0 Å². The molecule has 2 heterocycles. The highest BCUT2D eigenvalue weighted by atomic mass is 35.5. The number of rotatable bonds is 3. The summed E-state index contributed by atoms with van der Waals surface area (Å²) >= 11 is 3.97. The monoisotopic (exact) mass is 393 g/mol. The molecular formula is C18H18ClN2O4S+. The molecule has 1 aromatic heterocycles. The van der Waals surface area contributed by atoms with Crippen molar-refractivity contribution in [2.45, 2.75) is 31.3 Å². The lowest BCUT2D eigenvalue weighted by atomic mass is 10.0. The molecule has 2 aromatic rings. The molecule has 0 bridgehead atoms. The number of aromatic nitrogens is 1. The van der Waals surface area contributed by atoms with Crippen LogP contribution in [-0.4, -0.2) is 25.3 Å². The molecular weight excluding hydrogens is 376 g/mol. The predicted molar refractivity (Wildman–Crippen MR) is 99.1 cm³/mol. The number of quaternary nitrogens is 1. The zero-order chi connectivity index (χ0) is 19.1. The number of nitrogens with two attached hydrogens (primary N) is 1. The first-order chi connectivity index (χ1) is 12.2. The molecule has 8 heteroatoms. The van der Waals surface area contributed by atoms with E-state index in [1.165, 1.54) is 0 Å². The largest absolute Gasteiger partial charge is 0.452 e. The van der Waals surface area contributed by atoms with Crippen molar-refractivity contribution in [2.75, 3.05) is 0 Å². The third-order valence-electron chi connectivity index (χ3n) is 3.65. The highest BCUT2D eigenvalue weighted by Gasteiger charge is 2.32. The minimum absolute atomic E-state index is 0.229. The van der Waals surface area contributed by atoms with Crippen molar-refractivity contribution in [3.8, 4) is 11.1 Å². The maximum Gasteiger partial charge on any atom is 0.393 e. The van der Waals surface area contributed by atoms with E-state index in [-0.39, 0.29) is 10.0 Å². The van der Waals surface area contributed by atoms with Crippen molar-refractivity contribution in [1.29, 1.82) is 0 Å². The number of pyridine rings is 1. The van der Waals surface area contributed by atoms with Crippen molar-refractivity contribution in [1.82, 2.24) is 4.98 Å². The topological polar surface area (TPSA) is 93.1 Å². The maximum atomic E-state index is 12.4. The molecule has 1 aliphatic rings. The summed E-state index contributed by atoms with van der Waals surface area (Å²) < 4.78 is 26.7. The van der Waals surface area contributed by atoms with Crippen LogP contribution >= 0.6 is 11.6 Å². The van der Waals surface area contributed by atoms with Gasteiger partial charge in [0.15, 0.2) is 16.8 Å². The van der Waals surface area contributed by atoms with Crippen molar-refractivity contribution in [3.63, 3.8) is 0 Å². The smallest absolute Gasteiger partial charge is 0.393 e. The highest BCUT2D eigenvalue weighted by Crippen LogP contribution is 2.35. The lowest BCUT2D eigenvalue weighted by Gasteiger charge is -2.18. The molecule has 3 rings (SSSR count). The van der Waals surface area contributed by atoms with Crippen LogP contribution in [0.4, 0.5) is 5.69 Å². The quantitative estimate of drug-likeness (QED) is 0.475. The Morgan fingerprint density at radius 2 is 1.96 bits per heavy atom. The van der Waals surface area contributed by atoms with E-state index in [1.54, 1.807) is 62.5 Å². The summed E-state index contributed by atoms with van der Waals surface area (Å²) in [6.07, 6.45) is 1.61. The summed E-state index contributed by atoms with van der Waals surface area (Å²) in [5, 5.41) is 1.89. The van der Waals surface area contributed by atoms with Gasteiger partial charge in [-0.25, -0.2) is 14.0 Å². The molecule has 0 amide bonds. The van der Waals surface area contributed by atoms with Crippen LogP contribution in [-0.2, 0) is 20.6 Å². The van der Waals surface area contributed by atoms with Gasteiger partial charge < -0.3 is 9.29 Å². The Morgan fingerprint density at radius 3 is 2.62 bits per heavy atom. The van der Waals surface area contributed by atoms with Crippen LogP contribution in [0.1, 0.15) is 26.5 Å². The van der Waals surface area contributed by atoms with Gasteiger partial charge in [0, 0.05) is 17.2 Å². The van der Waals surface area contributed by atoms with Gasteiger partial charge in [-0.1, -0.05) is 29.8 Å². The molecule has 1 atom stereocenters. The van der Waals surface area contributed by atoms with Crippen LogP contribution in [0.5, 0.6) is 0 Å². The first kappa shape index (κ1) is 18.7. The predicted octanol–water partition coefficient (Wildman–Crippen LogP) is 2.87. The number of carbonyl (C=O) groups excluding carboxylic acids is 1. The molecule has 1 aliphatic heterocycles. The fourth-order valence-electron chi connectivity index (χ4n) is 2.67. The van der Waals surface area contributed by atoms with Gasteiger partial charge in [-0.2, -0.15) is 0 Å². The van der Waals surface area contributed by atoms with E-state index in [0.717, 1.165) is 0 Å². The lowest BCUT2D eigenvalue weighted by Crippen LogP contribution is -2.76. The molecule has 0 aliphatic carbocycles. The van der Waals surface area contributed by atoms with Gasteiger partial charge in [-0.05, 0) is 32.9 Å². The summed E-state index contributed by atoms with van der Waals surface area (Å²) in [6.45, 7) is 5.38. The summed E-state index contributed by atoms with van der Waals surface area (Å²) in [5.74, 6) is -0.461.